The molecule has 110 valence electrons. The first-order chi connectivity index (χ1) is 8.65. The van der Waals surface area contributed by atoms with Gasteiger partial charge in [0.15, 0.2) is 0 Å². The van der Waals surface area contributed by atoms with E-state index in [2.05, 4.69) is 10.6 Å². The van der Waals surface area contributed by atoms with Crippen LogP contribution in [0.25, 0.3) is 0 Å². The van der Waals surface area contributed by atoms with Crippen LogP contribution in [0.15, 0.2) is 0 Å². The van der Waals surface area contributed by atoms with Gasteiger partial charge in [0.1, 0.15) is 11.3 Å². The summed E-state index contributed by atoms with van der Waals surface area (Å²) < 4.78 is 11.9. The highest BCUT2D eigenvalue weighted by molar-refractivity contribution is 7.86. The van der Waals surface area contributed by atoms with E-state index in [9.17, 15) is 18.6 Å². The molecular weight excluding hydrogens is 272 g/mol. The third-order valence-corrected chi connectivity index (χ3v) is 3.87. The number of carbonyl (C=O) groups is 3. The normalized spacial score (nSPS) is 15.4. The molecule has 2 amide bonds. The number of carboxylic acids is 1. The maximum Gasteiger partial charge on any atom is 0.327 e. The van der Waals surface area contributed by atoms with E-state index in [4.69, 9.17) is 5.11 Å². The number of carbonyl (C=O) groups excluding carboxylic acids is 2. The van der Waals surface area contributed by atoms with Gasteiger partial charge in [0, 0.05) is 23.8 Å². The SMILES string of the molecule is CC(=O)NC(CS(=O)C(C)C(=O)NC(C)C)C(=O)O. The number of carboxylic acid groups (broad SMARTS) is 1. The van der Waals surface area contributed by atoms with Crippen molar-refractivity contribution < 1.29 is 23.7 Å². The second-order valence-electron chi connectivity index (χ2n) is 4.44. The molecule has 0 aliphatic carbocycles. The van der Waals surface area contributed by atoms with Crippen LogP contribution in [-0.4, -0.2) is 50.2 Å². The molecule has 0 fully saturated rings. The van der Waals surface area contributed by atoms with Gasteiger partial charge in [-0.15, -0.1) is 0 Å². The summed E-state index contributed by atoms with van der Waals surface area (Å²) in [7, 11) is -1.69. The molecule has 0 radical (unpaired) electrons. The molecule has 0 aliphatic heterocycles. The average molecular weight is 292 g/mol. The second-order valence-corrected chi connectivity index (χ2v) is 6.25. The molecule has 0 spiro atoms. The van der Waals surface area contributed by atoms with Gasteiger partial charge in [0.2, 0.25) is 11.8 Å². The predicted octanol–water partition coefficient (Wildman–Crippen LogP) is -0.762. The zero-order valence-electron chi connectivity index (χ0n) is 11.4. The molecule has 19 heavy (non-hydrogen) atoms. The van der Waals surface area contributed by atoms with Crippen molar-refractivity contribution in [1.82, 2.24) is 10.6 Å². The number of aliphatic carboxylic acids is 1. The smallest absolute Gasteiger partial charge is 0.327 e. The van der Waals surface area contributed by atoms with Crippen molar-refractivity contribution in [1.29, 1.82) is 0 Å². The van der Waals surface area contributed by atoms with E-state index >= 15 is 0 Å². The Balaban J connectivity index is 4.59. The van der Waals surface area contributed by atoms with Gasteiger partial charge in [-0.2, -0.15) is 0 Å². The summed E-state index contributed by atoms with van der Waals surface area (Å²) in [6, 6.07) is -1.34. The molecule has 0 saturated carbocycles. The van der Waals surface area contributed by atoms with E-state index < -0.39 is 39.9 Å². The third-order valence-electron chi connectivity index (χ3n) is 2.20. The molecule has 3 N–H and O–H groups in total. The van der Waals surface area contributed by atoms with Crippen molar-refractivity contribution in [2.75, 3.05) is 5.75 Å². The molecule has 0 aromatic carbocycles. The summed E-state index contributed by atoms with van der Waals surface area (Å²) in [5.74, 6) is -2.51. The lowest BCUT2D eigenvalue weighted by Crippen LogP contribution is -2.47. The Kier molecular flexibility index (Phi) is 7.28. The minimum absolute atomic E-state index is 0.0856. The number of rotatable bonds is 7. The van der Waals surface area contributed by atoms with Crippen molar-refractivity contribution in [3.63, 3.8) is 0 Å². The molecule has 0 aliphatic rings. The summed E-state index contributed by atoms with van der Waals surface area (Å²) in [6.45, 7) is 6.17. The fourth-order valence-corrected chi connectivity index (χ4v) is 2.40. The molecule has 7 nitrogen and oxygen atoms in total. The fourth-order valence-electron chi connectivity index (χ4n) is 1.25. The highest BCUT2D eigenvalue weighted by Crippen LogP contribution is 2.01. The molecule has 8 heteroatoms. The quantitative estimate of drug-likeness (QED) is 0.571. The molecule has 3 unspecified atom stereocenters. The van der Waals surface area contributed by atoms with Crippen molar-refractivity contribution in [2.24, 2.45) is 0 Å². The first kappa shape index (κ1) is 17.6. The minimum atomic E-state index is -1.69. The van der Waals surface area contributed by atoms with Gasteiger partial charge in [-0.3, -0.25) is 13.8 Å². The van der Waals surface area contributed by atoms with Gasteiger partial charge in [-0.1, -0.05) is 0 Å². The zero-order valence-corrected chi connectivity index (χ0v) is 12.2. The lowest BCUT2D eigenvalue weighted by Gasteiger charge is -2.17. The van der Waals surface area contributed by atoms with Gasteiger partial charge in [-0.25, -0.2) is 4.79 Å². The molecule has 0 heterocycles. The van der Waals surface area contributed by atoms with Crippen molar-refractivity contribution in [3.05, 3.63) is 0 Å². The van der Waals surface area contributed by atoms with E-state index in [1.165, 1.54) is 13.8 Å². The van der Waals surface area contributed by atoms with Crippen LogP contribution in [0.3, 0.4) is 0 Å². The molecule has 3 atom stereocenters. The van der Waals surface area contributed by atoms with Gasteiger partial charge in [0.25, 0.3) is 0 Å². The lowest BCUT2D eigenvalue weighted by molar-refractivity contribution is -0.140. The van der Waals surface area contributed by atoms with Crippen LogP contribution in [0.4, 0.5) is 0 Å². The van der Waals surface area contributed by atoms with Crippen LogP contribution < -0.4 is 10.6 Å². The Labute approximate surface area is 114 Å². The maximum absolute atomic E-state index is 11.9. The Morgan fingerprint density at radius 1 is 1.16 bits per heavy atom. The van der Waals surface area contributed by atoms with E-state index in [1.807, 2.05) is 0 Å². The summed E-state index contributed by atoms with van der Waals surface area (Å²) in [5, 5.41) is 12.8. The molecule has 0 aromatic heterocycles. The van der Waals surface area contributed by atoms with Crippen LogP contribution in [0, 0.1) is 0 Å². The van der Waals surface area contributed by atoms with Crippen molar-refractivity contribution >= 4 is 28.6 Å². The molecule has 0 bridgehead atoms. The van der Waals surface area contributed by atoms with Crippen LogP contribution in [0.5, 0.6) is 0 Å². The molecule has 0 saturated heterocycles. The van der Waals surface area contributed by atoms with E-state index in [0.717, 1.165) is 0 Å². The predicted molar refractivity (Wildman–Crippen MR) is 71.0 cm³/mol. The largest absolute Gasteiger partial charge is 0.480 e. The summed E-state index contributed by atoms with van der Waals surface area (Å²) in [5.41, 5.74) is 0. The molecular formula is C11H20N2O5S. The fraction of sp³-hybridized carbons (Fsp3) is 0.727. The third kappa shape index (κ3) is 6.90. The van der Waals surface area contributed by atoms with Gasteiger partial charge in [-0.05, 0) is 20.8 Å². The van der Waals surface area contributed by atoms with E-state index in [1.54, 1.807) is 13.8 Å². The van der Waals surface area contributed by atoms with Crippen LogP contribution in [0.1, 0.15) is 27.7 Å². The minimum Gasteiger partial charge on any atom is -0.480 e. The standard InChI is InChI=1S/C11H20N2O5S/c1-6(2)12-10(15)7(3)19(18)5-9(11(16)17)13-8(4)14/h6-7,9H,5H2,1-4H3,(H,12,15)(H,13,14)(H,16,17). The zero-order chi connectivity index (χ0) is 15.2. The topological polar surface area (TPSA) is 113 Å². The number of hydrogen-bond donors (Lipinski definition) is 3. The van der Waals surface area contributed by atoms with Gasteiger partial charge >= 0.3 is 5.97 Å². The van der Waals surface area contributed by atoms with Crippen molar-refractivity contribution in [2.45, 2.75) is 45.0 Å². The molecule has 0 aromatic rings. The first-order valence-electron chi connectivity index (χ1n) is 5.82. The van der Waals surface area contributed by atoms with Gasteiger partial charge < -0.3 is 15.7 Å². The first-order valence-corrected chi connectivity index (χ1v) is 7.20. The number of amides is 2. The lowest BCUT2D eigenvalue weighted by atomic mass is 10.3. The Hall–Kier alpha value is -1.44. The number of hydrogen-bond acceptors (Lipinski definition) is 4. The van der Waals surface area contributed by atoms with Crippen molar-refractivity contribution in [3.8, 4) is 0 Å². The Morgan fingerprint density at radius 3 is 2.05 bits per heavy atom. The van der Waals surface area contributed by atoms with E-state index in [-0.39, 0.29) is 11.8 Å². The summed E-state index contributed by atoms with van der Waals surface area (Å²) in [4.78, 5) is 33.4. The van der Waals surface area contributed by atoms with Crippen LogP contribution >= 0.6 is 0 Å². The number of nitrogens with one attached hydrogen (secondary N) is 2. The average Bonchev–Trinajstić information content (AvgIpc) is 2.25. The van der Waals surface area contributed by atoms with Gasteiger partial charge in [0.05, 0.1) is 5.75 Å². The Morgan fingerprint density at radius 2 is 1.68 bits per heavy atom. The maximum atomic E-state index is 11.9. The van der Waals surface area contributed by atoms with Crippen LogP contribution in [0.2, 0.25) is 0 Å². The second kappa shape index (κ2) is 7.88. The summed E-state index contributed by atoms with van der Waals surface area (Å²) >= 11 is 0. The molecule has 0 rings (SSSR count). The highest BCUT2D eigenvalue weighted by Gasteiger charge is 2.27. The van der Waals surface area contributed by atoms with Crippen LogP contribution in [-0.2, 0) is 25.2 Å². The van der Waals surface area contributed by atoms with E-state index in [0.29, 0.717) is 0 Å². The summed E-state index contributed by atoms with van der Waals surface area (Å²) in [6.07, 6.45) is 0. The Bertz CT molecular complexity index is 383. The highest BCUT2D eigenvalue weighted by atomic mass is 32.2. The monoisotopic (exact) mass is 292 g/mol.